The van der Waals surface area contributed by atoms with Crippen molar-refractivity contribution in [2.45, 2.75) is 53.0 Å². The van der Waals surface area contributed by atoms with Crippen LogP contribution in [0.25, 0.3) is 22.0 Å². The number of hydrogen-bond donors (Lipinski definition) is 0. The molecule has 140 valence electrons. The fourth-order valence-electron chi connectivity index (χ4n) is 4.31. The van der Waals surface area contributed by atoms with Gasteiger partial charge in [0.25, 0.3) is 5.56 Å². The lowest BCUT2D eigenvalue weighted by Gasteiger charge is -2.26. The lowest BCUT2D eigenvalue weighted by Crippen LogP contribution is -2.29. The average molecular weight is 361 g/mol. The second-order valence-electron chi connectivity index (χ2n) is 8.33. The highest BCUT2D eigenvalue weighted by atomic mass is 16.1. The van der Waals surface area contributed by atoms with Crippen molar-refractivity contribution in [3.8, 4) is 11.3 Å². The quantitative estimate of drug-likeness (QED) is 0.617. The number of benzene rings is 2. The van der Waals surface area contributed by atoms with Gasteiger partial charge < -0.3 is 0 Å². The van der Waals surface area contributed by atoms with Crippen molar-refractivity contribution in [2.24, 2.45) is 11.8 Å². The molecule has 1 aliphatic rings. The van der Waals surface area contributed by atoms with Crippen LogP contribution in [-0.2, 0) is 6.54 Å². The third-order valence-electron chi connectivity index (χ3n) is 6.08. The summed E-state index contributed by atoms with van der Waals surface area (Å²) in [7, 11) is 0. The minimum absolute atomic E-state index is 0.0401. The van der Waals surface area contributed by atoms with Gasteiger partial charge >= 0.3 is 0 Å². The zero-order chi connectivity index (χ0) is 19.0. The molecule has 0 atom stereocenters. The summed E-state index contributed by atoms with van der Waals surface area (Å²) in [5.41, 5.74) is 4.49. The van der Waals surface area contributed by atoms with Gasteiger partial charge in [-0.05, 0) is 56.2 Å². The number of fused-ring (bicyclic) bond motifs is 1. The van der Waals surface area contributed by atoms with Gasteiger partial charge in [-0.1, -0.05) is 55.7 Å². The summed E-state index contributed by atoms with van der Waals surface area (Å²) in [5, 5.41) is 6.61. The summed E-state index contributed by atoms with van der Waals surface area (Å²) in [6.45, 7) is 7.27. The van der Waals surface area contributed by atoms with Crippen LogP contribution in [0.2, 0.25) is 0 Å². The highest BCUT2D eigenvalue weighted by Crippen LogP contribution is 2.31. The van der Waals surface area contributed by atoms with E-state index in [1.165, 1.54) is 36.8 Å². The molecule has 1 fully saturated rings. The molecule has 3 aromatic rings. The van der Waals surface area contributed by atoms with Crippen molar-refractivity contribution in [3.05, 3.63) is 63.9 Å². The third kappa shape index (κ3) is 3.55. The maximum atomic E-state index is 13.1. The van der Waals surface area contributed by atoms with E-state index in [-0.39, 0.29) is 5.56 Å². The molecule has 2 aromatic carbocycles. The van der Waals surface area contributed by atoms with Crippen LogP contribution < -0.4 is 5.56 Å². The standard InChI is InChI=1S/C24H28N2O/c1-16-9-12-19(13-10-16)15-26-24(27)21-7-5-4-6-20(21)23(25-26)22-14-17(2)8-11-18(22)3/h4-8,11,14,16,19H,9-10,12-13,15H2,1-3H3. The van der Waals surface area contributed by atoms with Gasteiger partial charge in [-0.2, -0.15) is 5.10 Å². The highest BCUT2D eigenvalue weighted by Gasteiger charge is 2.21. The van der Waals surface area contributed by atoms with Gasteiger partial charge in [-0.15, -0.1) is 0 Å². The lowest BCUT2D eigenvalue weighted by molar-refractivity contribution is 0.255. The van der Waals surface area contributed by atoms with Gasteiger partial charge in [0.05, 0.1) is 11.1 Å². The van der Waals surface area contributed by atoms with Crippen LogP contribution in [0.15, 0.2) is 47.3 Å². The first-order chi connectivity index (χ1) is 13.0. The first kappa shape index (κ1) is 18.0. The fraction of sp³-hybridized carbons (Fsp3) is 0.417. The lowest BCUT2D eigenvalue weighted by atomic mass is 9.83. The first-order valence-corrected chi connectivity index (χ1v) is 10.1. The smallest absolute Gasteiger partial charge is 0.267 e. The summed E-state index contributed by atoms with van der Waals surface area (Å²) >= 11 is 0. The van der Waals surface area contributed by atoms with Crippen molar-refractivity contribution >= 4 is 10.8 Å². The molecule has 27 heavy (non-hydrogen) atoms. The van der Waals surface area contributed by atoms with E-state index in [1.807, 2.05) is 24.3 Å². The zero-order valence-corrected chi connectivity index (χ0v) is 16.5. The van der Waals surface area contributed by atoms with Gasteiger partial charge in [0.15, 0.2) is 0 Å². The molecule has 1 saturated carbocycles. The summed E-state index contributed by atoms with van der Waals surface area (Å²) in [5.74, 6) is 1.37. The molecule has 0 bridgehead atoms. The number of aromatic nitrogens is 2. The Bertz CT molecular complexity index is 1030. The molecule has 0 spiro atoms. The van der Waals surface area contributed by atoms with Gasteiger partial charge in [0.1, 0.15) is 0 Å². The van der Waals surface area contributed by atoms with E-state index >= 15 is 0 Å². The number of rotatable bonds is 3. The normalized spacial score (nSPS) is 20.1. The van der Waals surface area contributed by atoms with Crippen molar-refractivity contribution in [3.63, 3.8) is 0 Å². The molecule has 4 rings (SSSR count). The van der Waals surface area contributed by atoms with Gasteiger partial charge in [0.2, 0.25) is 0 Å². The molecule has 0 N–H and O–H groups in total. The second kappa shape index (κ2) is 7.30. The van der Waals surface area contributed by atoms with E-state index < -0.39 is 0 Å². The van der Waals surface area contributed by atoms with Crippen LogP contribution in [0.1, 0.15) is 43.7 Å². The Morgan fingerprint density at radius 2 is 1.70 bits per heavy atom. The molecule has 3 heteroatoms. The molecule has 1 heterocycles. The van der Waals surface area contributed by atoms with Crippen molar-refractivity contribution in [1.82, 2.24) is 9.78 Å². The van der Waals surface area contributed by atoms with Gasteiger partial charge in [-0.25, -0.2) is 4.68 Å². The molecule has 0 amide bonds. The summed E-state index contributed by atoms with van der Waals surface area (Å²) in [4.78, 5) is 13.1. The topological polar surface area (TPSA) is 34.9 Å². The van der Waals surface area contributed by atoms with Crippen molar-refractivity contribution in [1.29, 1.82) is 0 Å². The molecule has 0 aliphatic heterocycles. The van der Waals surface area contributed by atoms with Gasteiger partial charge in [-0.3, -0.25) is 4.79 Å². The van der Waals surface area contributed by atoms with Crippen LogP contribution in [0.3, 0.4) is 0 Å². The number of hydrogen-bond acceptors (Lipinski definition) is 2. The fourth-order valence-corrected chi connectivity index (χ4v) is 4.31. The SMILES string of the molecule is Cc1ccc(C)c(-c2nn(CC3CCC(C)CC3)c(=O)c3ccccc23)c1. The van der Waals surface area contributed by atoms with Crippen molar-refractivity contribution < 1.29 is 0 Å². The monoisotopic (exact) mass is 360 g/mol. The van der Waals surface area contributed by atoms with Crippen LogP contribution in [0.4, 0.5) is 0 Å². The van der Waals surface area contributed by atoms with Crippen LogP contribution in [0.5, 0.6) is 0 Å². The molecule has 0 saturated heterocycles. The maximum absolute atomic E-state index is 13.1. The van der Waals surface area contributed by atoms with Gasteiger partial charge in [0, 0.05) is 17.5 Å². The van der Waals surface area contributed by atoms with Crippen LogP contribution in [0, 0.1) is 25.7 Å². The van der Waals surface area contributed by atoms with Crippen molar-refractivity contribution in [2.75, 3.05) is 0 Å². The Morgan fingerprint density at radius 1 is 1.00 bits per heavy atom. The summed E-state index contributed by atoms with van der Waals surface area (Å²) < 4.78 is 1.74. The largest absolute Gasteiger partial charge is 0.274 e. The molecule has 1 aromatic heterocycles. The van der Waals surface area contributed by atoms with E-state index in [2.05, 4.69) is 39.0 Å². The Morgan fingerprint density at radius 3 is 2.44 bits per heavy atom. The second-order valence-corrected chi connectivity index (χ2v) is 8.33. The Hall–Kier alpha value is -2.42. The number of aryl methyl sites for hydroxylation is 2. The predicted molar refractivity (Wildman–Crippen MR) is 112 cm³/mol. The first-order valence-electron chi connectivity index (χ1n) is 10.1. The molecule has 0 radical (unpaired) electrons. The predicted octanol–water partition coefficient (Wildman–Crippen LogP) is 5.51. The zero-order valence-electron chi connectivity index (χ0n) is 16.5. The summed E-state index contributed by atoms with van der Waals surface area (Å²) in [6.07, 6.45) is 4.91. The number of nitrogens with zero attached hydrogens (tertiary/aromatic N) is 2. The highest BCUT2D eigenvalue weighted by molar-refractivity contribution is 5.94. The average Bonchev–Trinajstić information content (AvgIpc) is 2.68. The third-order valence-corrected chi connectivity index (χ3v) is 6.08. The van der Waals surface area contributed by atoms with E-state index in [1.54, 1.807) is 4.68 Å². The van der Waals surface area contributed by atoms with E-state index in [9.17, 15) is 4.79 Å². The molecular formula is C24H28N2O. The molecular weight excluding hydrogens is 332 g/mol. The molecule has 0 unspecified atom stereocenters. The molecule has 3 nitrogen and oxygen atoms in total. The molecule has 1 aliphatic carbocycles. The van der Waals surface area contributed by atoms with E-state index in [0.717, 1.165) is 34.5 Å². The maximum Gasteiger partial charge on any atom is 0.274 e. The summed E-state index contributed by atoms with van der Waals surface area (Å²) in [6, 6.07) is 14.3. The van der Waals surface area contributed by atoms with Crippen LogP contribution in [-0.4, -0.2) is 9.78 Å². The van der Waals surface area contributed by atoms with E-state index in [4.69, 9.17) is 5.10 Å². The van der Waals surface area contributed by atoms with E-state index in [0.29, 0.717) is 5.92 Å². The minimum Gasteiger partial charge on any atom is -0.267 e. The Labute approximate surface area is 161 Å². The van der Waals surface area contributed by atoms with Crippen LogP contribution >= 0.6 is 0 Å². The minimum atomic E-state index is 0.0401. The Kier molecular flexibility index (Phi) is 4.86. The Balaban J connectivity index is 1.85.